The molecule has 3 rings (SSSR count). The Hall–Kier alpha value is -2.23. The first kappa shape index (κ1) is 11.8. The van der Waals surface area contributed by atoms with E-state index in [0.29, 0.717) is 6.54 Å². The SMILES string of the molecule is COC(=O)N1CCCc2cc(-c3ccco3)ccc21. The molecular formula is C15H15NO3. The molecule has 1 aromatic heterocycles. The lowest BCUT2D eigenvalue weighted by molar-refractivity contribution is 0.178. The number of carbonyl (C=O) groups excluding carboxylic acids is 1. The number of rotatable bonds is 1. The van der Waals surface area contributed by atoms with E-state index in [2.05, 4.69) is 6.07 Å². The predicted octanol–water partition coefficient (Wildman–Crippen LogP) is 3.47. The summed E-state index contributed by atoms with van der Waals surface area (Å²) in [5, 5.41) is 0. The Balaban J connectivity index is 1.99. The average Bonchev–Trinajstić information content (AvgIpc) is 2.99. The molecule has 4 nitrogen and oxygen atoms in total. The monoisotopic (exact) mass is 257 g/mol. The number of benzene rings is 1. The highest BCUT2D eigenvalue weighted by atomic mass is 16.5. The topological polar surface area (TPSA) is 42.7 Å². The fourth-order valence-electron chi connectivity index (χ4n) is 2.49. The first-order valence-corrected chi connectivity index (χ1v) is 6.32. The predicted molar refractivity (Wildman–Crippen MR) is 72.2 cm³/mol. The van der Waals surface area contributed by atoms with Crippen LogP contribution in [0.15, 0.2) is 41.0 Å². The summed E-state index contributed by atoms with van der Waals surface area (Å²) in [6, 6.07) is 9.82. The average molecular weight is 257 g/mol. The smallest absolute Gasteiger partial charge is 0.414 e. The van der Waals surface area contributed by atoms with Crippen LogP contribution >= 0.6 is 0 Å². The fourth-order valence-corrected chi connectivity index (χ4v) is 2.49. The van der Waals surface area contributed by atoms with Crippen molar-refractivity contribution in [3.8, 4) is 11.3 Å². The summed E-state index contributed by atoms with van der Waals surface area (Å²) in [6.45, 7) is 0.708. The molecule has 2 heterocycles. The van der Waals surface area contributed by atoms with Crippen molar-refractivity contribution in [2.75, 3.05) is 18.6 Å². The van der Waals surface area contributed by atoms with Crippen molar-refractivity contribution in [2.45, 2.75) is 12.8 Å². The number of carbonyl (C=O) groups is 1. The molecule has 0 fully saturated rings. The van der Waals surface area contributed by atoms with E-state index in [9.17, 15) is 4.79 Å². The van der Waals surface area contributed by atoms with Crippen molar-refractivity contribution in [3.05, 3.63) is 42.2 Å². The van der Waals surface area contributed by atoms with Gasteiger partial charge in [-0.3, -0.25) is 4.90 Å². The molecule has 0 unspecified atom stereocenters. The molecule has 1 aliphatic rings. The van der Waals surface area contributed by atoms with Crippen molar-refractivity contribution < 1.29 is 13.9 Å². The first-order valence-electron chi connectivity index (χ1n) is 6.32. The summed E-state index contributed by atoms with van der Waals surface area (Å²) >= 11 is 0. The van der Waals surface area contributed by atoms with Crippen LogP contribution < -0.4 is 4.90 Å². The van der Waals surface area contributed by atoms with Gasteiger partial charge < -0.3 is 9.15 Å². The summed E-state index contributed by atoms with van der Waals surface area (Å²) in [7, 11) is 1.41. The lowest BCUT2D eigenvalue weighted by Gasteiger charge is -2.28. The minimum absolute atomic E-state index is 0.299. The number of methoxy groups -OCH3 is 1. The van der Waals surface area contributed by atoms with Gasteiger partial charge in [0.1, 0.15) is 5.76 Å². The van der Waals surface area contributed by atoms with Crippen LogP contribution in [0, 0.1) is 0 Å². The molecule has 1 amide bonds. The van der Waals surface area contributed by atoms with Crippen LogP contribution in [-0.2, 0) is 11.2 Å². The molecule has 0 saturated carbocycles. The van der Waals surface area contributed by atoms with Crippen molar-refractivity contribution >= 4 is 11.8 Å². The zero-order valence-electron chi connectivity index (χ0n) is 10.8. The highest BCUT2D eigenvalue weighted by Crippen LogP contribution is 2.32. The van der Waals surface area contributed by atoms with Gasteiger partial charge >= 0.3 is 6.09 Å². The molecule has 0 N–H and O–H groups in total. The quantitative estimate of drug-likeness (QED) is 0.785. The van der Waals surface area contributed by atoms with E-state index in [4.69, 9.17) is 9.15 Å². The van der Waals surface area contributed by atoms with Crippen LogP contribution in [0.2, 0.25) is 0 Å². The van der Waals surface area contributed by atoms with Crippen LogP contribution in [0.5, 0.6) is 0 Å². The summed E-state index contributed by atoms with van der Waals surface area (Å²) in [5.41, 5.74) is 3.13. The molecule has 0 radical (unpaired) electrons. The number of hydrogen-bond acceptors (Lipinski definition) is 3. The molecule has 0 aliphatic carbocycles. The number of fused-ring (bicyclic) bond motifs is 1. The Morgan fingerprint density at radius 3 is 3.00 bits per heavy atom. The number of hydrogen-bond donors (Lipinski definition) is 0. The van der Waals surface area contributed by atoms with Crippen LogP contribution in [0.1, 0.15) is 12.0 Å². The first-order chi connectivity index (χ1) is 9.29. The zero-order chi connectivity index (χ0) is 13.2. The number of anilines is 1. The van der Waals surface area contributed by atoms with Crippen LogP contribution in [0.4, 0.5) is 10.5 Å². The van der Waals surface area contributed by atoms with E-state index in [0.717, 1.165) is 35.4 Å². The third-order valence-corrected chi connectivity index (χ3v) is 3.40. The third-order valence-electron chi connectivity index (χ3n) is 3.40. The molecule has 0 atom stereocenters. The lowest BCUT2D eigenvalue weighted by Crippen LogP contribution is -2.35. The Labute approximate surface area is 111 Å². The van der Waals surface area contributed by atoms with Crippen molar-refractivity contribution in [1.82, 2.24) is 0 Å². The minimum Gasteiger partial charge on any atom is -0.464 e. The number of nitrogens with zero attached hydrogens (tertiary/aromatic N) is 1. The number of ether oxygens (including phenoxy) is 1. The van der Waals surface area contributed by atoms with E-state index in [-0.39, 0.29) is 6.09 Å². The van der Waals surface area contributed by atoms with Gasteiger partial charge in [0.2, 0.25) is 0 Å². The van der Waals surface area contributed by atoms with E-state index in [1.165, 1.54) is 7.11 Å². The van der Waals surface area contributed by atoms with Gasteiger partial charge in [0, 0.05) is 12.1 Å². The third kappa shape index (κ3) is 2.10. The minimum atomic E-state index is -0.299. The Bertz CT molecular complexity index is 589. The highest BCUT2D eigenvalue weighted by Gasteiger charge is 2.23. The molecule has 0 bridgehead atoms. The highest BCUT2D eigenvalue weighted by molar-refractivity contribution is 5.89. The second-order valence-electron chi connectivity index (χ2n) is 4.55. The second-order valence-corrected chi connectivity index (χ2v) is 4.55. The molecule has 4 heteroatoms. The maximum atomic E-state index is 11.7. The Morgan fingerprint density at radius 1 is 1.37 bits per heavy atom. The van der Waals surface area contributed by atoms with E-state index in [1.54, 1.807) is 11.2 Å². The van der Waals surface area contributed by atoms with E-state index >= 15 is 0 Å². The lowest BCUT2D eigenvalue weighted by atomic mass is 9.99. The Morgan fingerprint density at radius 2 is 2.26 bits per heavy atom. The second kappa shape index (κ2) is 4.80. The number of amides is 1. The van der Waals surface area contributed by atoms with Crippen LogP contribution in [0.3, 0.4) is 0 Å². The zero-order valence-corrected chi connectivity index (χ0v) is 10.8. The van der Waals surface area contributed by atoms with Crippen LogP contribution in [0.25, 0.3) is 11.3 Å². The van der Waals surface area contributed by atoms with Crippen LogP contribution in [-0.4, -0.2) is 19.7 Å². The molecule has 0 spiro atoms. The normalized spacial score (nSPS) is 14.1. The van der Waals surface area contributed by atoms with Gasteiger partial charge in [-0.1, -0.05) is 0 Å². The molecule has 0 saturated heterocycles. The maximum Gasteiger partial charge on any atom is 0.414 e. The molecular weight excluding hydrogens is 242 g/mol. The Kier molecular flexibility index (Phi) is 2.99. The standard InChI is InChI=1S/C15H15NO3/c1-18-15(17)16-8-2-4-11-10-12(6-7-13(11)16)14-5-3-9-19-14/h3,5-7,9-10H,2,4,8H2,1H3. The van der Waals surface area contributed by atoms with E-state index < -0.39 is 0 Å². The van der Waals surface area contributed by atoms with Gasteiger partial charge in [0.15, 0.2) is 0 Å². The summed E-state index contributed by atoms with van der Waals surface area (Å²) < 4.78 is 10.2. The van der Waals surface area contributed by atoms with Crippen molar-refractivity contribution in [1.29, 1.82) is 0 Å². The number of furan rings is 1. The summed E-state index contributed by atoms with van der Waals surface area (Å²) in [6.07, 6.45) is 3.28. The van der Waals surface area contributed by atoms with Crippen molar-refractivity contribution in [3.63, 3.8) is 0 Å². The fraction of sp³-hybridized carbons (Fsp3) is 0.267. The van der Waals surface area contributed by atoms with Gasteiger partial charge in [-0.2, -0.15) is 0 Å². The summed E-state index contributed by atoms with van der Waals surface area (Å²) in [5.74, 6) is 0.845. The van der Waals surface area contributed by atoms with Gasteiger partial charge in [-0.05, 0) is 48.7 Å². The molecule has 1 aromatic carbocycles. The molecule has 1 aliphatic heterocycles. The molecule has 98 valence electrons. The van der Waals surface area contributed by atoms with Crippen molar-refractivity contribution in [2.24, 2.45) is 0 Å². The maximum absolute atomic E-state index is 11.7. The molecule has 2 aromatic rings. The van der Waals surface area contributed by atoms with E-state index in [1.807, 2.05) is 24.3 Å². The van der Waals surface area contributed by atoms with Gasteiger partial charge in [-0.15, -0.1) is 0 Å². The van der Waals surface area contributed by atoms with Gasteiger partial charge in [0.05, 0.1) is 19.1 Å². The largest absolute Gasteiger partial charge is 0.464 e. The molecule has 19 heavy (non-hydrogen) atoms. The van der Waals surface area contributed by atoms with Gasteiger partial charge in [-0.25, -0.2) is 4.79 Å². The summed E-state index contributed by atoms with van der Waals surface area (Å²) in [4.78, 5) is 13.4. The number of aryl methyl sites for hydroxylation is 1. The van der Waals surface area contributed by atoms with Gasteiger partial charge in [0.25, 0.3) is 0 Å².